The summed E-state index contributed by atoms with van der Waals surface area (Å²) in [4.78, 5) is 30.2. The van der Waals surface area contributed by atoms with E-state index in [-0.39, 0.29) is 11.6 Å². The van der Waals surface area contributed by atoms with Gasteiger partial charge in [0.15, 0.2) is 0 Å². The number of ether oxygens (including phenoxy) is 2. The van der Waals surface area contributed by atoms with Crippen LogP contribution in [0.4, 0.5) is 5.69 Å². The molecule has 0 atom stereocenters. The van der Waals surface area contributed by atoms with E-state index in [1.165, 1.54) is 12.1 Å². The zero-order valence-corrected chi connectivity index (χ0v) is 20.0. The maximum atomic E-state index is 13.1. The average Bonchev–Trinajstić information content (AvgIpc) is 3.33. The molecule has 2 heterocycles. The third kappa shape index (κ3) is 6.98. The van der Waals surface area contributed by atoms with Crippen molar-refractivity contribution in [2.24, 2.45) is 0 Å². The SMILES string of the molecule is CCOCCOCCn1ccnc1C1CCN(C(=O)C(=Cc2cccc([N+](=O)[O-])c2)CC)CC1. The first-order valence-corrected chi connectivity index (χ1v) is 11.9. The molecule has 9 nitrogen and oxygen atoms in total. The van der Waals surface area contributed by atoms with Crippen LogP contribution < -0.4 is 0 Å². The summed E-state index contributed by atoms with van der Waals surface area (Å²) in [5.74, 6) is 1.34. The highest BCUT2D eigenvalue weighted by atomic mass is 16.6. The Balaban J connectivity index is 1.55. The summed E-state index contributed by atoms with van der Waals surface area (Å²) in [6.07, 6.45) is 7.83. The van der Waals surface area contributed by atoms with E-state index in [9.17, 15) is 14.9 Å². The van der Waals surface area contributed by atoms with Crippen molar-refractivity contribution in [3.63, 3.8) is 0 Å². The molecule has 1 amide bonds. The quantitative estimate of drug-likeness (QED) is 0.201. The van der Waals surface area contributed by atoms with Crippen LogP contribution in [-0.4, -0.2) is 64.8 Å². The largest absolute Gasteiger partial charge is 0.379 e. The topological polar surface area (TPSA) is 99.7 Å². The maximum absolute atomic E-state index is 13.1. The number of hydrogen-bond acceptors (Lipinski definition) is 6. The van der Waals surface area contributed by atoms with E-state index in [1.54, 1.807) is 18.2 Å². The lowest BCUT2D eigenvalue weighted by Crippen LogP contribution is -2.39. The summed E-state index contributed by atoms with van der Waals surface area (Å²) in [5.41, 5.74) is 1.34. The van der Waals surface area contributed by atoms with E-state index in [0.29, 0.717) is 63.0 Å². The zero-order valence-electron chi connectivity index (χ0n) is 20.0. The molecule has 0 bridgehead atoms. The number of nitro benzene ring substituents is 1. The number of benzene rings is 1. The molecular formula is C25H34N4O5. The molecule has 1 saturated heterocycles. The number of non-ortho nitro benzene ring substituents is 1. The van der Waals surface area contributed by atoms with Crippen LogP contribution in [0.3, 0.4) is 0 Å². The molecule has 1 aromatic carbocycles. The van der Waals surface area contributed by atoms with Gasteiger partial charge in [-0.05, 0) is 37.8 Å². The molecule has 0 N–H and O–H groups in total. The van der Waals surface area contributed by atoms with Crippen LogP contribution in [0.2, 0.25) is 0 Å². The maximum Gasteiger partial charge on any atom is 0.270 e. The summed E-state index contributed by atoms with van der Waals surface area (Å²) in [5, 5.41) is 11.0. The smallest absolute Gasteiger partial charge is 0.270 e. The van der Waals surface area contributed by atoms with Crippen LogP contribution in [-0.2, 0) is 20.8 Å². The second-order valence-electron chi connectivity index (χ2n) is 8.23. The number of likely N-dealkylation sites (tertiary alicyclic amines) is 1. The Hall–Kier alpha value is -3.04. The normalized spacial score (nSPS) is 15.0. The number of piperidine rings is 1. The molecule has 0 spiro atoms. The number of imidazole rings is 1. The van der Waals surface area contributed by atoms with Crippen LogP contribution in [0.15, 0.2) is 42.2 Å². The Morgan fingerprint density at radius 3 is 2.68 bits per heavy atom. The van der Waals surface area contributed by atoms with Gasteiger partial charge >= 0.3 is 0 Å². The van der Waals surface area contributed by atoms with E-state index in [2.05, 4.69) is 9.55 Å². The van der Waals surface area contributed by atoms with Gasteiger partial charge in [0, 0.05) is 62.3 Å². The van der Waals surface area contributed by atoms with Gasteiger partial charge < -0.3 is 18.9 Å². The predicted octanol–water partition coefficient (Wildman–Crippen LogP) is 4.04. The Morgan fingerprint density at radius 2 is 1.97 bits per heavy atom. The van der Waals surface area contributed by atoms with Crippen molar-refractivity contribution < 1.29 is 19.2 Å². The average molecular weight is 471 g/mol. The molecule has 34 heavy (non-hydrogen) atoms. The van der Waals surface area contributed by atoms with Gasteiger partial charge in [-0.3, -0.25) is 14.9 Å². The van der Waals surface area contributed by atoms with E-state index in [4.69, 9.17) is 9.47 Å². The molecular weight excluding hydrogens is 436 g/mol. The fraction of sp³-hybridized carbons (Fsp3) is 0.520. The van der Waals surface area contributed by atoms with E-state index < -0.39 is 4.92 Å². The number of hydrogen-bond donors (Lipinski definition) is 0. The fourth-order valence-electron chi connectivity index (χ4n) is 4.19. The highest BCUT2D eigenvalue weighted by Gasteiger charge is 2.27. The van der Waals surface area contributed by atoms with E-state index in [0.717, 1.165) is 25.2 Å². The van der Waals surface area contributed by atoms with Gasteiger partial charge in [0.25, 0.3) is 5.69 Å². The molecule has 184 valence electrons. The summed E-state index contributed by atoms with van der Waals surface area (Å²) in [6, 6.07) is 6.36. The highest BCUT2D eigenvalue weighted by molar-refractivity contribution is 5.97. The number of carbonyl (C=O) groups is 1. The van der Waals surface area contributed by atoms with Crippen molar-refractivity contribution in [2.75, 3.05) is 39.5 Å². The van der Waals surface area contributed by atoms with Crippen LogP contribution in [0.5, 0.6) is 0 Å². The van der Waals surface area contributed by atoms with Gasteiger partial charge in [0.2, 0.25) is 5.91 Å². The first-order valence-electron chi connectivity index (χ1n) is 11.9. The second kappa shape index (κ2) is 13.0. The lowest BCUT2D eigenvalue weighted by molar-refractivity contribution is -0.384. The fourth-order valence-corrected chi connectivity index (χ4v) is 4.19. The monoisotopic (exact) mass is 470 g/mol. The number of carbonyl (C=O) groups excluding carboxylic acids is 1. The number of amides is 1. The summed E-state index contributed by atoms with van der Waals surface area (Å²) >= 11 is 0. The van der Waals surface area contributed by atoms with Gasteiger partial charge in [-0.15, -0.1) is 0 Å². The van der Waals surface area contributed by atoms with E-state index in [1.807, 2.05) is 31.1 Å². The number of rotatable bonds is 12. The molecule has 0 unspecified atom stereocenters. The molecule has 0 aliphatic carbocycles. The molecule has 1 fully saturated rings. The van der Waals surface area contributed by atoms with Gasteiger partial charge in [-0.1, -0.05) is 19.1 Å². The first kappa shape index (κ1) is 25.6. The Bertz CT molecular complexity index is 979. The van der Waals surface area contributed by atoms with E-state index >= 15 is 0 Å². The third-order valence-electron chi connectivity index (χ3n) is 6.03. The second-order valence-corrected chi connectivity index (χ2v) is 8.23. The zero-order chi connectivity index (χ0) is 24.3. The number of nitro groups is 1. The summed E-state index contributed by atoms with van der Waals surface area (Å²) in [7, 11) is 0. The van der Waals surface area contributed by atoms with Crippen molar-refractivity contribution in [1.29, 1.82) is 0 Å². The lowest BCUT2D eigenvalue weighted by Gasteiger charge is -2.32. The number of aromatic nitrogens is 2. The Morgan fingerprint density at radius 1 is 1.21 bits per heavy atom. The number of nitrogens with zero attached hydrogens (tertiary/aromatic N) is 4. The molecule has 3 rings (SSSR count). The molecule has 0 saturated carbocycles. The Kier molecular flexibility index (Phi) is 9.78. The highest BCUT2D eigenvalue weighted by Crippen LogP contribution is 2.28. The standard InChI is InChI=1S/C25H34N4O5/c1-3-21(18-20-6-5-7-23(19-20)29(31)32)25(30)28-11-8-22(9-12-28)24-26-10-13-27(24)14-15-34-17-16-33-4-2/h5-7,10,13,18-19,22H,3-4,8-9,11-12,14-17H2,1-2H3. The van der Waals surface area contributed by atoms with Crippen molar-refractivity contribution in [3.05, 3.63) is 63.7 Å². The van der Waals surface area contributed by atoms with Crippen LogP contribution >= 0.6 is 0 Å². The van der Waals surface area contributed by atoms with Crippen molar-refractivity contribution in [2.45, 2.75) is 45.6 Å². The molecule has 1 aliphatic heterocycles. The van der Waals surface area contributed by atoms with Crippen molar-refractivity contribution in [3.8, 4) is 0 Å². The van der Waals surface area contributed by atoms with Gasteiger partial charge in [-0.25, -0.2) is 4.98 Å². The van der Waals surface area contributed by atoms with Crippen LogP contribution in [0.25, 0.3) is 6.08 Å². The minimum absolute atomic E-state index is 0.00139. The third-order valence-corrected chi connectivity index (χ3v) is 6.03. The van der Waals surface area contributed by atoms with Crippen molar-refractivity contribution in [1.82, 2.24) is 14.5 Å². The van der Waals surface area contributed by atoms with Crippen LogP contribution in [0, 0.1) is 10.1 Å². The predicted molar refractivity (Wildman–Crippen MR) is 129 cm³/mol. The van der Waals surface area contributed by atoms with Crippen LogP contribution in [0.1, 0.15) is 50.4 Å². The minimum atomic E-state index is -0.424. The Labute approximate surface area is 200 Å². The molecule has 1 aromatic heterocycles. The van der Waals surface area contributed by atoms with Gasteiger partial charge in [-0.2, -0.15) is 0 Å². The summed E-state index contributed by atoms with van der Waals surface area (Å²) in [6.45, 7) is 8.45. The molecule has 2 aromatic rings. The minimum Gasteiger partial charge on any atom is -0.379 e. The lowest BCUT2D eigenvalue weighted by atomic mass is 9.95. The molecule has 0 radical (unpaired) electrons. The molecule has 1 aliphatic rings. The molecule has 9 heteroatoms. The first-order chi connectivity index (χ1) is 16.5. The summed E-state index contributed by atoms with van der Waals surface area (Å²) < 4.78 is 13.1. The van der Waals surface area contributed by atoms with Crippen molar-refractivity contribution >= 4 is 17.7 Å². The van der Waals surface area contributed by atoms with Gasteiger partial charge in [0.05, 0.1) is 24.7 Å². The van der Waals surface area contributed by atoms with Gasteiger partial charge in [0.1, 0.15) is 5.82 Å².